The van der Waals surface area contributed by atoms with Crippen molar-refractivity contribution >= 4 is 5.91 Å². The molecule has 1 saturated heterocycles. The Morgan fingerprint density at radius 1 is 1.52 bits per heavy atom. The number of morpholine rings is 1. The van der Waals surface area contributed by atoms with Gasteiger partial charge in [0.15, 0.2) is 0 Å². The second-order valence-corrected chi connectivity index (χ2v) is 6.35. The Morgan fingerprint density at radius 3 is 2.95 bits per heavy atom. The summed E-state index contributed by atoms with van der Waals surface area (Å²) in [5, 5.41) is 4.28. The predicted octanol–water partition coefficient (Wildman–Crippen LogP) is 0.690. The highest BCUT2D eigenvalue weighted by Crippen LogP contribution is 2.29. The lowest BCUT2D eigenvalue weighted by Crippen LogP contribution is -2.58. The van der Waals surface area contributed by atoms with E-state index in [-0.39, 0.29) is 12.0 Å². The number of nitrogens with two attached hydrogens (primary N) is 1. The van der Waals surface area contributed by atoms with E-state index >= 15 is 0 Å². The van der Waals surface area contributed by atoms with Gasteiger partial charge in [-0.3, -0.25) is 9.48 Å². The molecule has 1 unspecified atom stereocenters. The van der Waals surface area contributed by atoms with Crippen LogP contribution in [0.3, 0.4) is 0 Å². The number of carbonyl (C=O) groups is 1. The third-order valence-corrected chi connectivity index (χ3v) is 4.50. The number of nitrogens with zero attached hydrogens (tertiary/aromatic N) is 3. The molecule has 1 aromatic rings. The van der Waals surface area contributed by atoms with Gasteiger partial charge in [-0.05, 0) is 25.3 Å². The van der Waals surface area contributed by atoms with Crippen molar-refractivity contribution in [2.75, 3.05) is 19.7 Å². The first kappa shape index (κ1) is 14.5. The maximum absolute atomic E-state index is 12.6. The monoisotopic (exact) mass is 292 g/mol. The van der Waals surface area contributed by atoms with Crippen LogP contribution in [0.4, 0.5) is 0 Å². The van der Waals surface area contributed by atoms with E-state index < -0.39 is 5.54 Å². The summed E-state index contributed by atoms with van der Waals surface area (Å²) < 4.78 is 7.65. The smallest absolute Gasteiger partial charge is 0.242 e. The largest absolute Gasteiger partial charge is 0.373 e. The molecule has 2 heterocycles. The number of aromatic nitrogens is 2. The molecule has 2 aliphatic rings. The molecular weight excluding hydrogens is 268 g/mol. The van der Waals surface area contributed by atoms with Crippen molar-refractivity contribution < 1.29 is 9.53 Å². The minimum absolute atomic E-state index is 0.00740. The first-order valence-corrected chi connectivity index (χ1v) is 7.76. The average molecular weight is 292 g/mol. The molecule has 1 saturated carbocycles. The average Bonchev–Trinajstić information content (AvgIpc) is 3.08. The molecule has 2 N–H and O–H groups in total. The molecule has 21 heavy (non-hydrogen) atoms. The van der Waals surface area contributed by atoms with E-state index in [0.29, 0.717) is 26.2 Å². The fourth-order valence-corrected chi connectivity index (χ4v) is 3.32. The SMILES string of the molecule is Cc1cnn(CC2CN(C(=O)C3(N)CCCC3)CCO2)c1. The molecule has 2 fully saturated rings. The molecule has 6 heteroatoms. The lowest BCUT2D eigenvalue weighted by Gasteiger charge is -2.37. The lowest BCUT2D eigenvalue weighted by molar-refractivity contribution is -0.145. The van der Waals surface area contributed by atoms with Crippen LogP contribution in [0.5, 0.6) is 0 Å². The van der Waals surface area contributed by atoms with Crippen LogP contribution in [0.2, 0.25) is 0 Å². The normalized spacial score (nSPS) is 25.2. The lowest BCUT2D eigenvalue weighted by atomic mass is 9.96. The van der Waals surface area contributed by atoms with E-state index in [0.717, 1.165) is 31.2 Å². The van der Waals surface area contributed by atoms with Crippen LogP contribution in [-0.2, 0) is 16.1 Å². The van der Waals surface area contributed by atoms with Crippen molar-refractivity contribution in [1.82, 2.24) is 14.7 Å². The zero-order valence-corrected chi connectivity index (χ0v) is 12.6. The van der Waals surface area contributed by atoms with E-state index in [4.69, 9.17) is 10.5 Å². The molecule has 1 aliphatic carbocycles. The number of ether oxygens (including phenoxy) is 1. The Bertz CT molecular complexity index is 508. The van der Waals surface area contributed by atoms with Crippen molar-refractivity contribution in [3.8, 4) is 0 Å². The number of rotatable bonds is 3. The van der Waals surface area contributed by atoms with Gasteiger partial charge in [0.2, 0.25) is 5.91 Å². The molecule has 1 aromatic heterocycles. The van der Waals surface area contributed by atoms with Crippen LogP contribution in [0.25, 0.3) is 0 Å². The molecule has 0 bridgehead atoms. The third kappa shape index (κ3) is 3.11. The topological polar surface area (TPSA) is 73.4 Å². The van der Waals surface area contributed by atoms with Gasteiger partial charge in [-0.25, -0.2) is 0 Å². The molecule has 0 radical (unpaired) electrons. The molecule has 1 aliphatic heterocycles. The molecular formula is C15H24N4O2. The van der Waals surface area contributed by atoms with Gasteiger partial charge in [-0.2, -0.15) is 5.10 Å². The molecule has 1 amide bonds. The zero-order chi connectivity index (χ0) is 14.9. The van der Waals surface area contributed by atoms with Crippen LogP contribution < -0.4 is 5.73 Å². The zero-order valence-electron chi connectivity index (χ0n) is 12.6. The molecule has 0 aromatic carbocycles. The van der Waals surface area contributed by atoms with Crippen LogP contribution in [-0.4, -0.2) is 51.9 Å². The Hall–Kier alpha value is -1.40. The summed E-state index contributed by atoms with van der Waals surface area (Å²) in [4.78, 5) is 14.5. The first-order chi connectivity index (χ1) is 10.1. The van der Waals surface area contributed by atoms with E-state index in [1.54, 1.807) is 0 Å². The summed E-state index contributed by atoms with van der Waals surface area (Å²) in [6.07, 6.45) is 7.56. The van der Waals surface area contributed by atoms with Crippen molar-refractivity contribution in [3.63, 3.8) is 0 Å². The predicted molar refractivity (Wildman–Crippen MR) is 78.7 cm³/mol. The number of hydrogen-bond acceptors (Lipinski definition) is 4. The molecule has 6 nitrogen and oxygen atoms in total. The van der Waals surface area contributed by atoms with Crippen LogP contribution >= 0.6 is 0 Å². The molecule has 3 rings (SSSR count). The van der Waals surface area contributed by atoms with Gasteiger partial charge in [0.1, 0.15) is 0 Å². The second kappa shape index (κ2) is 5.77. The van der Waals surface area contributed by atoms with Gasteiger partial charge in [0.25, 0.3) is 0 Å². The molecule has 1 atom stereocenters. The standard InChI is InChI=1S/C15H24N4O2/c1-12-8-17-19(9-12)11-13-10-18(6-7-21-13)14(20)15(16)4-2-3-5-15/h8-9,13H,2-7,10-11,16H2,1H3. The minimum atomic E-state index is -0.635. The highest BCUT2D eigenvalue weighted by Gasteiger charge is 2.41. The van der Waals surface area contributed by atoms with Gasteiger partial charge in [0.05, 0.1) is 31.0 Å². The fourth-order valence-electron chi connectivity index (χ4n) is 3.32. The Labute approximate surface area is 125 Å². The maximum Gasteiger partial charge on any atom is 0.242 e. The van der Waals surface area contributed by atoms with Crippen LogP contribution in [0.1, 0.15) is 31.2 Å². The van der Waals surface area contributed by atoms with Crippen molar-refractivity contribution in [2.45, 2.75) is 50.8 Å². The highest BCUT2D eigenvalue weighted by atomic mass is 16.5. The quantitative estimate of drug-likeness (QED) is 0.889. The first-order valence-electron chi connectivity index (χ1n) is 7.76. The van der Waals surface area contributed by atoms with E-state index in [1.807, 2.05) is 28.9 Å². The van der Waals surface area contributed by atoms with E-state index in [1.165, 1.54) is 0 Å². The van der Waals surface area contributed by atoms with Crippen molar-refractivity contribution in [3.05, 3.63) is 18.0 Å². The van der Waals surface area contributed by atoms with Gasteiger partial charge >= 0.3 is 0 Å². The van der Waals surface area contributed by atoms with E-state index in [2.05, 4.69) is 5.10 Å². The van der Waals surface area contributed by atoms with Crippen LogP contribution in [0, 0.1) is 6.92 Å². The summed E-state index contributed by atoms with van der Waals surface area (Å²) in [7, 11) is 0. The van der Waals surface area contributed by atoms with Gasteiger partial charge in [-0.15, -0.1) is 0 Å². The number of hydrogen-bond donors (Lipinski definition) is 1. The summed E-state index contributed by atoms with van der Waals surface area (Å²) in [6.45, 7) is 4.52. The third-order valence-electron chi connectivity index (χ3n) is 4.50. The molecule has 0 spiro atoms. The van der Waals surface area contributed by atoms with Gasteiger partial charge in [0, 0.05) is 19.3 Å². The number of carbonyl (C=O) groups excluding carboxylic acids is 1. The Kier molecular flexibility index (Phi) is 3.99. The van der Waals surface area contributed by atoms with Crippen LogP contribution in [0.15, 0.2) is 12.4 Å². The van der Waals surface area contributed by atoms with E-state index in [9.17, 15) is 4.79 Å². The van der Waals surface area contributed by atoms with Gasteiger partial charge in [-0.1, -0.05) is 12.8 Å². The van der Waals surface area contributed by atoms with Gasteiger partial charge < -0.3 is 15.4 Å². The van der Waals surface area contributed by atoms with Crippen molar-refractivity contribution in [1.29, 1.82) is 0 Å². The highest BCUT2D eigenvalue weighted by molar-refractivity contribution is 5.86. The maximum atomic E-state index is 12.6. The number of aryl methyl sites for hydroxylation is 1. The Balaban J connectivity index is 1.61. The fraction of sp³-hybridized carbons (Fsp3) is 0.733. The summed E-state index contributed by atoms with van der Waals surface area (Å²) in [5.74, 6) is 0.102. The number of amides is 1. The minimum Gasteiger partial charge on any atom is -0.373 e. The second-order valence-electron chi connectivity index (χ2n) is 6.35. The van der Waals surface area contributed by atoms with Crippen molar-refractivity contribution in [2.24, 2.45) is 5.73 Å². The summed E-state index contributed by atoms with van der Waals surface area (Å²) in [5.41, 5.74) is 6.78. The summed E-state index contributed by atoms with van der Waals surface area (Å²) in [6, 6.07) is 0. The molecule has 116 valence electrons. The summed E-state index contributed by atoms with van der Waals surface area (Å²) >= 11 is 0. The Morgan fingerprint density at radius 2 is 2.29 bits per heavy atom.